The Labute approximate surface area is 108 Å². The Morgan fingerprint density at radius 3 is 3.00 bits per heavy atom. The lowest BCUT2D eigenvalue weighted by atomic mass is 9.76. The average molecular weight is 253 g/mol. The molecule has 1 heterocycles. The molecule has 1 aliphatic heterocycles. The van der Waals surface area contributed by atoms with Crippen molar-refractivity contribution in [3.63, 3.8) is 0 Å². The van der Waals surface area contributed by atoms with Crippen molar-refractivity contribution in [3.8, 4) is 0 Å². The summed E-state index contributed by atoms with van der Waals surface area (Å²) in [7, 11) is 0. The number of nitrogens with two attached hydrogens (primary N) is 1. The molecule has 3 N–H and O–H groups in total. The van der Waals surface area contributed by atoms with Crippen LogP contribution >= 0.6 is 0 Å². The van der Waals surface area contributed by atoms with E-state index in [-0.39, 0.29) is 18.4 Å². The number of nitrogens with one attached hydrogen (secondary N) is 1. The van der Waals surface area contributed by atoms with Crippen LogP contribution in [0.4, 0.5) is 0 Å². The zero-order valence-corrected chi connectivity index (χ0v) is 11.1. The number of nitrogens with zero attached hydrogens (tertiary/aromatic N) is 1. The first-order valence-electron chi connectivity index (χ1n) is 6.86. The molecule has 0 aromatic rings. The normalized spacial score (nSPS) is 33.8. The van der Waals surface area contributed by atoms with Gasteiger partial charge in [-0.3, -0.25) is 9.59 Å². The lowest BCUT2D eigenvalue weighted by Crippen LogP contribution is -2.58. The van der Waals surface area contributed by atoms with E-state index in [9.17, 15) is 9.59 Å². The van der Waals surface area contributed by atoms with E-state index >= 15 is 0 Å². The number of amides is 2. The van der Waals surface area contributed by atoms with Gasteiger partial charge >= 0.3 is 0 Å². The van der Waals surface area contributed by atoms with Gasteiger partial charge in [-0.25, -0.2) is 0 Å². The van der Waals surface area contributed by atoms with Gasteiger partial charge in [-0.1, -0.05) is 19.8 Å². The molecule has 1 saturated carbocycles. The van der Waals surface area contributed by atoms with Crippen LogP contribution in [0.1, 0.15) is 39.0 Å². The molecule has 2 aliphatic rings. The number of hydrogen-bond acceptors (Lipinski definition) is 3. The molecule has 5 nitrogen and oxygen atoms in total. The standard InChI is InChI=1S/C13H23N3O2/c1-10-4-2-5-13(14,8-10)12(18)16-7-3-6-15-11(17)9-16/h10H,2-9,14H2,1H3,(H,15,17). The molecule has 2 amide bonds. The third-order valence-electron chi connectivity index (χ3n) is 4.01. The second-order valence-corrected chi connectivity index (χ2v) is 5.79. The Kier molecular flexibility index (Phi) is 3.90. The van der Waals surface area contributed by atoms with Crippen LogP contribution < -0.4 is 11.1 Å². The number of carbonyl (C=O) groups is 2. The van der Waals surface area contributed by atoms with E-state index in [1.165, 1.54) is 0 Å². The van der Waals surface area contributed by atoms with Gasteiger partial charge in [0.05, 0.1) is 12.1 Å². The van der Waals surface area contributed by atoms with Crippen molar-refractivity contribution < 1.29 is 9.59 Å². The molecule has 18 heavy (non-hydrogen) atoms. The summed E-state index contributed by atoms with van der Waals surface area (Å²) in [5, 5.41) is 2.78. The molecule has 0 spiro atoms. The zero-order valence-electron chi connectivity index (χ0n) is 11.1. The van der Waals surface area contributed by atoms with Crippen molar-refractivity contribution in [1.29, 1.82) is 0 Å². The third-order valence-corrected chi connectivity index (χ3v) is 4.01. The van der Waals surface area contributed by atoms with E-state index in [2.05, 4.69) is 12.2 Å². The summed E-state index contributed by atoms with van der Waals surface area (Å²) in [6.45, 7) is 3.58. The highest BCUT2D eigenvalue weighted by Gasteiger charge is 2.41. The summed E-state index contributed by atoms with van der Waals surface area (Å²) >= 11 is 0. The number of hydrogen-bond donors (Lipinski definition) is 2. The molecule has 2 unspecified atom stereocenters. The monoisotopic (exact) mass is 253 g/mol. The van der Waals surface area contributed by atoms with Gasteiger partial charge in [-0.15, -0.1) is 0 Å². The molecular formula is C13H23N3O2. The topological polar surface area (TPSA) is 75.4 Å². The van der Waals surface area contributed by atoms with E-state index in [1.54, 1.807) is 4.90 Å². The van der Waals surface area contributed by atoms with Crippen molar-refractivity contribution in [1.82, 2.24) is 10.2 Å². The van der Waals surface area contributed by atoms with Gasteiger partial charge in [0, 0.05) is 13.1 Å². The van der Waals surface area contributed by atoms with Gasteiger partial charge in [-0.2, -0.15) is 0 Å². The summed E-state index contributed by atoms with van der Waals surface area (Å²) in [5.41, 5.74) is 5.55. The highest BCUT2D eigenvalue weighted by atomic mass is 16.2. The smallest absolute Gasteiger partial charge is 0.243 e. The Bertz CT molecular complexity index is 345. The molecule has 5 heteroatoms. The molecule has 0 bridgehead atoms. The summed E-state index contributed by atoms with van der Waals surface area (Å²) in [4.78, 5) is 25.7. The predicted octanol–water partition coefficient (Wildman–Crippen LogP) is 0.243. The SMILES string of the molecule is CC1CCCC(N)(C(=O)N2CCCNC(=O)C2)C1. The van der Waals surface area contributed by atoms with Gasteiger partial charge in [-0.05, 0) is 25.2 Å². The number of carbonyl (C=O) groups excluding carboxylic acids is 2. The molecule has 1 aliphatic carbocycles. The van der Waals surface area contributed by atoms with E-state index < -0.39 is 5.54 Å². The van der Waals surface area contributed by atoms with Gasteiger partial charge < -0.3 is 16.0 Å². The van der Waals surface area contributed by atoms with Crippen molar-refractivity contribution in [2.24, 2.45) is 11.7 Å². The van der Waals surface area contributed by atoms with E-state index in [0.717, 1.165) is 32.1 Å². The molecule has 0 aromatic carbocycles. The second-order valence-electron chi connectivity index (χ2n) is 5.79. The minimum atomic E-state index is -0.748. The fourth-order valence-electron chi connectivity index (χ4n) is 3.08. The lowest BCUT2D eigenvalue weighted by molar-refractivity contribution is -0.141. The maximum atomic E-state index is 12.5. The predicted molar refractivity (Wildman–Crippen MR) is 68.8 cm³/mol. The van der Waals surface area contributed by atoms with Crippen molar-refractivity contribution in [2.75, 3.05) is 19.6 Å². The first kappa shape index (κ1) is 13.3. The van der Waals surface area contributed by atoms with Gasteiger partial charge in [0.15, 0.2) is 0 Å². The van der Waals surface area contributed by atoms with E-state index in [0.29, 0.717) is 19.0 Å². The van der Waals surface area contributed by atoms with Gasteiger partial charge in [0.1, 0.15) is 0 Å². The quantitative estimate of drug-likeness (QED) is 0.703. The lowest BCUT2D eigenvalue weighted by Gasteiger charge is -2.38. The summed E-state index contributed by atoms with van der Waals surface area (Å²) < 4.78 is 0. The minimum Gasteiger partial charge on any atom is -0.354 e. The Morgan fingerprint density at radius 1 is 1.50 bits per heavy atom. The molecule has 2 fully saturated rings. The first-order chi connectivity index (χ1) is 8.51. The fourth-order valence-corrected chi connectivity index (χ4v) is 3.08. The Balaban J connectivity index is 2.06. The van der Waals surface area contributed by atoms with Crippen LogP contribution in [-0.2, 0) is 9.59 Å². The largest absolute Gasteiger partial charge is 0.354 e. The van der Waals surface area contributed by atoms with Gasteiger partial charge in [0.2, 0.25) is 11.8 Å². The first-order valence-corrected chi connectivity index (χ1v) is 6.86. The molecular weight excluding hydrogens is 230 g/mol. The van der Waals surface area contributed by atoms with E-state index in [1.807, 2.05) is 0 Å². The third kappa shape index (κ3) is 2.83. The molecule has 2 rings (SSSR count). The molecule has 0 aromatic heterocycles. The van der Waals surface area contributed by atoms with E-state index in [4.69, 9.17) is 5.73 Å². The average Bonchev–Trinajstić information content (AvgIpc) is 2.52. The van der Waals surface area contributed by atoms with Crippen molar-refractivity contribution >= 4 is 11.8 Å². The second kappa shape index (κ2) is 5.26. The maximum absolute atomic E-state index is 12.5. The van der Waals surface area contributed by atoms with Crippen molar-refractivity contribution in [3.05, 3.63) is 0 Å². The summed E-state index contributed by atoms with van der Waals surface area (Å²) in [5.74, 6) is 0.382. The van der Waals surface area contributed by atoms with Crippen LogP contribution in [0.3, 0.4) is 0 Å². The Morgan fingerprint density at radius 2 is 2.28 bits per heavy atom. The van der Waals surface area contributed by atoms with Crippen LogP contribution in [-0.4, -0.2) is 41.9 Å². The van der Waals surface area contributed by atoms with Crippen LogP contribution in [0.15, 0.2) is 0 Å². The highest BCUT2D eigenvalue weighted by molar-refractivity contribution is 5.90. The molecule has 0 radical (unpaired) electrons. The van der Waals surface area contributed by atoms with Crippen molar-refractivity contribution in [2.45, 2.75) is 44.6 Å². The molecule has 1 saturated heterocycles. The maximum Gasteiger partial charge on any atom is 0.243 e. The Hall–Kier alpha value is -1.10. The zero-order chi connectivity index (χ0) is 13.2. The summed E-state index contributed by atoms with van der Waals surface area (Å²) in [6.07, 6.45) is 4.44. The van der Waals surface area contributed by atoms with Crippen LogP contribution in [0, 0.1) is 5.92 Å². The highest BCUT2D eigenvalue weighted by Crippen LogP contribution is 2.31. The van der Waals surface area contributed by atoms with Crippen LogP contribution in [0.25, 0.3) is 0 Å². The fraction of sp³-hybridized carbons (Fsp3) is 0.846. The molecule has 102 valence electrons. The minimum absolute atomic E-state index is 0.0360. The molecule has 2 atom stereocenters. The van der Waals surface area contributed by atoms with Crippen LogP contribution in [0.5, 0.6) is 0 Å². The summed E-state index contributed by atoms with van der Waals surface area (Å²) in [6, 6.07) is 0. The van der Waals surface area contributed by atoms with Gasteiger partial charge in [0.25, 0.3) is 0 Å². The number of rotatable bonds is 1. The van der Waals surface area contributed by atoms with Crippen LogP contribution in [0.2, 0.25) is 0 Å².